The molecule has 3 aromatic carbocycles. The molecule has 0 spiro atoms. The average Bonchev–Trinajstić information content (AvgIpc) is 2.83. The van der Waals surface area contributed by atoms with Crippen LogP contribution in [-0.4, -0.2) is 20.4 Å². The summed E-state index contributed by atoms with van der Waals surface area (Å²) >= 11 is 3.43. The first kappa shape index (κ1) is 22.0. The highest BCUT2D eigenvalue weighted by atomic mass is 79.9. The zero-order valence-corrected chi connectivity index (χ0v) is 19.6. The zero-order chi connectivity index (χ0) is 22.7. The second kappa shape index (κ2) is 9.49. The van der Waals surface area contributed by atoms with Crippen molar-refractivity contribution in [1.82, 2.24) is 14.5 Å². The number of para-hydroxylation sites is 1. The Morgan fingerprint density at radius 1 is 1.00 bits per heavy atom. The summed E-state index contributed by atoms with van der Waals surface area (Å²) < 4.78 is 2.58. The summed E-state index contributed by atoms with van der Waals surface area (Å²) in [6.45, 7) is 4.74. The van der Waals surface area contributed by atoms with Crippen LogP contribution in [0.15, 0.2) is 88.1 Å². The van der Waals surface area contributed by atoms with Gasteiger partial charge in [-0.1, -0.05) is 58.4 Å². The van der Waals surface area contributed by atoms with Crippen molar-refractivity contribution in [2.45, 2.75) is 33.0 Å². The Kier molecular flexibility index (Phi) is 6.51. The molecule has 1 aromatic heterocycles. The van der Waals surface area contributed by atoms with E-state index in [9.17, 15) is 9.59 Å². The smallest absolute Gasteiger partial charge is 0.261 e. The van der Waals surface area contributed by atoms with E-state index in [1.54, 1.807) is 27.7 Å². The molecule has 0 aliphatic carbocycles. The molecule has 1 heterocycles. The van der Waals surface area contributed by atoms with Gasteiger partial charge in [0.1, 0.15) is 5.82 Å². The van der Waals surface area contributed by atoms with Crippen LogP contribution in [0.3, 0.4) is 0 Å². The number of aromatic nitrogens is 2. The number of rotatable bonds is 6. The Labute approximate surface area is 195 Å². The molecule has 0 radical (unpaired) electrons. The number of amides is 1. The van der Waals surface area contributed by atoms with E-state index < -0.39 is 6.04 Å². The van der Waals surface area contributed by atoms with Gasteiger partial charge in [0.2, 0.25) is 0 Å². The van der Waals surface area contributed by atoms with E-state index in [4.69, 9.17) is 4.98 Å². The SMILES string of the molecule is CCn1c(C(C)N(Cc2ccccc2)C(=O)c2ccc(Br)cc2)nc2ccccc2c1=O. The molecule has 1 atom stereocenters. The number of fused-ring (bicyclic) bond motifs is 1. The monoisotopic (exact) mass is 489 g/mol. The van der Waals surface area contributed by atoms with E-state index in [2.05, 4.69) is 15.9 Å². The summed E-state index contributed by atoms with van der Waals surface area (Å²) in [6, 6.07) is 24.1. The maximum absolute atomic E-state index is 13.6. The number of nitrogens with zero attached hydrogens (tertiary/aromatic N) is 3. The van der Waals surface area contributed by atoms with Gasteiger partial charge in [0.05, 0.1) is 16.9 Å². The van der Waals surface area contributed by atoms with Crippen LogP contribution >= 0.6 is 15.9 Å². The number of benzene rings is 3. The van der Waals surface area contributed by atoms with E-state index >= 15 is 0 Å². The number of carbonyl (C=O) groups is 1. The second-order valence-electron chi connectivity index (χ2n) is 7.64. The molecular weight excluding hydrogens is 466 g/mol. The van der Waals surface area contributed by atoms with Gasteiger partial charge in [-0.15, -0.1) is 0 Å². The van der Waals surface area contributed by atoms with Crippen LogP contribution in [0.4, 0.5) is 0 Å². The topological polar surface area (TPSA) is 55.2 Å². The van der Waals surface area contributed by atoms with Crippen LogP contribution < -0.4 is 5.56 Å². The van der Waals surface area contributed by atoms with Gasteiger partial charge >= 0.3 is 0 Å². The minimum Gasteiger partial charge on any atom is -0.324 e. The molecule has 0 saturated heterocycles. The summed E-state index contributed by atoms with van der Waals surface area (Å²) in [6.07, 6.45) is 0. The molecule has 0 bridgehead atoms. The highest BCUT2D eigenvalue weighted by molar-refractivity contribution is 9.10. The minimum atomic E-state index is -0.413. The number of hydrogen-bond acceptors (Lipinski definition) is 3. The van der Waals surface area contributed by atoms with E-state index in [0.717, 1.165) is 10.0 Å². The predicted octanol–water partition coefficient (Wildman–Crippen LogP) is 5.58. The van der Waals surface area contributed by atoms with Crippen molar-refractivity contribution in [2.24, 2.45) is 0 Å². The van der Waals surface area contributed by atoms with Crippen LogP contribution in [0.25, 0.3) is 10.9 Å². The molecule has 4 aromatic rings. The molecule has 162 valence electrons. The second-order valence-corrected chi connectivity index (χ2v) is 8.55. The van der Waals surface area contributed by atoms with Crippen LogP contribution in [0, 0.1) is 0 Å². The standard InChI is InChI=1S/C26H24BrN3O2/c1-3-29-24(28-23-12-8-7-11-22(23)26(29)32)18(2)30(17-19-9-5-4-6-10-19)25(31)20-13-15-21(27)16-14-20/h4-16,18H,3,17H2,1-2H3. The molecule has 0 fully saturated rings. The predicted molar refractivity (Wildman–Crippen MR) is 131 cm³/mol. The lowest BCUT2D eigenvalue weighted by Gasteiger charge is -2.30. The van der Waals surface area contributed by atoms with Crippen LogP contribution in [0.2, 0.25) is 0 Å². The third-order valence-electron chi connectivity index (χ3n) is 5.60. The molecule has 1 unspecified atom stereocenters. The van der Waals surface area contributed by atoms with Gasteiger partial charge in [-0.3, -0.25) is 14.2 Å². The van der Waals surface area contributed by atoms with Gasteiger partial charge in [-0.25, -0.2) is 4.98 Å². The van der Waals surface area contributed by atoms with Gasteiger partial charge in [0, 0.05) is 23.1 Å². The minimum absolute atomic E-state index is 0.0873. The van der Waals surface area contributed by atoms with Crippen molar-refractivity contribution in [1.29, 1.82) is 0 Å². The Morgan fingerprint density at radius 3 is 2.34 bits per heavy atom. The van der Waals surface area contributed by atoms with E-state index in [1.165, 1.54) is 0 Å². The average molecular weight is 490 g/mol. The summed E-state index contributed by atoms with van der Waals surface area (Å²) in [5, 5.41) is 0.583. The maximum Gasteiger partial charge on any atom is 0.261 e. The highest BCUT2D eigenvalue weighted by Gasteiger charge is 2.27. The summed E-state index contributed by atoms with van der Waals surface area (Å²) in [5.74, 6) is 0.469. The van der Waals surface area contributed by atoms with Crippen LogP contribution in [-0.2, 0) is 13.1 Å². The zero-order valence-electron chi connectivity index (χ0n) is 18.0. The van der Waals surface area contributed by atoms with Gasteiger partial charge in [0.15, 0.2) is 0 Å². The quantitative estimate of drug-likeness (QED) is 0.355. The lowest BCUT2D eigenvalue weighted by atomic mass is 10.1. The van der Waals surface area contributed by atoms with Crippen molar-refractivity contribution in [3.8, 4) is 0 Å². The van der Waals surface area contributed by atoms with Crippen molar-refractivity contribution >= 4 is 32.7 Å². The molecule has 0 saturated carbocycles. The highest BCUT2D eigenvalue weighted by Crippen LogP contribution is 2.25. The Hall–Kier alpha value is -3.25. The van der Waals surface area contributed by atoms with Crippen molar-refractivity contribution < 1.29 is 4.79 Å². The Balaban J connectivity index is 1.82. The third-order valence-corrected chi connectivity index (χ3v) is 6.13. The van der Waals surface area contributed by atoms with Gasteiger partial charge < -0.3 is 4.90 Å². The molecule has 0 N–H and O–H groups in total. The Bertz CT molecular complexity index is 1300. The lowest BCUT2D eigenvalue weighted by Crippen LogP contribution is -2.37. The number of halogens is 1. The van der Waals surface area contributed by atoms with E-state index in [-0.39, 0.29) is 11.5 Å². The molecular formula is C26H24BrN3O2. The molecule has 0 aliphatic rings. The lowest BCUT2D eigenvalue weighted by molar-refractivity contribution is 0.0662. The fraction of sp³-hybridized carbons (Fsp3) is 0.192. The third kappa shape index (κ3) is 4.36. The maximum atomic E-state index is 13.6. The molecule has 1 amide bonds. The number of carbonyl (C=O) groups excluding carboxylic acids is 1. The van der Waals surface area contributed by atoms with E-state index in [0.29, 0.717) is 35.4 Å². The number of hydrogen-bond donors (Lipinski definition) is 0. The fourth-order valence-corrected chi connectivity index (χ4v) is 4.14. The molecule has 5 nitrogen and oxygen atoms in total. The summed E-state index contributed by atoms with van der Waals surface area (Å²) in [4.78, 5) is 33.4. The molecule has 32 heavy (non-hydrogen) atoms. The van der Waals surface area contributed by atoms with Crippen molar-refractivity contribution in [2.75, 3.05) is 0 Å². The fourth-order valence-electron chi connectivity index (χ4n) is 3.87. The van der Waals surface area contributed by atoms with Crippen LogP contribution in [0.5, 0.6) is 0 Å². The first-order chi connectivity index (χ1) is 15.5. The van der Waals surface area contributed by atoms with Gasteiger partial charge in [0.25, 0.3) is 11.5 Å². The Morgan fingerprint density at radius 2 is 1.66 bits per heavy atom. The largest absolute Gasteiger partial charge is 0.324 e. The van der Waals surface area contributed by atoms with Crippen LogP contribution in [0.1, 0.15) is 41.6 Å². The molecule has 6 heteroatoms. The molecule has 0 aliphatic heterocycles. The molecule has 4 rings (SSSR count). The summed E-state index contributed by atoms with van der Waals surface area (Å²) in [7, 11) is 0. The van der Waals surface area contributed by atoms with Gasteiger partial charge in [-0.2, -0.15) is 0 Å². The van der Waals surface area contributed by atoms with E-state index in [1.807, 2.05) is 74.5 Å². The van der Waals surface area contributed by atoms with Crippen molar-refractivity contribution in [3.05, 3.63) is 111 Å². The van der Waals surface area contributed by atoms with Gasteiger partial charge in [-0.05, 0) is 55.8 Å². The normalized spacial score (nSPS) is 12.0. The first-order valence-electron chi connectivity index (χ1n) is 10.6. The summed E-state index contributed by atoms with van der Waals surface area (Å²) in [5.41, 5.74) is 2.15. The first-order valence-corrected chi connectivity index (χ1v) is 11.4. The van der Waals surface area contributed by atoms with Crippen molar-refractivity contribution in [3.63, 3.8) is 0 Å².